The van der Waals surface area contributed by atoms with E-state index in [1.165, 1.54) is 37.7 Å². The number of hydrogen-bond acceptors (Lipinski definition) is 1. The fourth-order valence-corrected chi connectivity index (χ4v) is 3.63. The molecule has 122 valence electrons. The SMILES string of the molecule is CN=C(NCC1(C2CC2)CCC1)N(C)Cc1ccccc1.I. The van der Waals surface area contributed by atoms with Gasteiger partial charge in [-0.1, -0.05) is 36.8 Å². The molecule has 3 nitrogen and oxygen atoms in total. The molecule has 22 heavy (non-hydrogen) atoms. The first-order valence-corrected chi connectivity index (χ1v) is 8.19. The third kappa shape index (κ3) is 3.94. The summed E-state index contributed by atoms with van der Waals surface area (Å²) in [6, 6.07) is 10.6. The van der Waals surface area contributed by atoms with Gasteiger partial charge in [0.05, 0.1) is 0 Å². The predicted molar refractivity (Wildman–Crippen MR) is 104 cm³/mol. The molecule has 2 aliphatic carbocycles. The zero-order valence-corrected chi connectivity index (χ0v) is 16.0. The minimum absolute atomic E-state index is 0. The van der Waals surface area contributed by atoms with Crippen molar-refractivity contribution in [2.45, 2.75) is 38.6 Å². The van der Waals surface area contributed by atoms with Crippen LogP contribution < -0.4 is 5.32 Å². The van der Waals surface area contributed by atoms with Crippen molar-refractivity contribution in [1.29, 1.82) is 0 Å². The van der Waals surface area contributed by atoms with Crippen LogP contribution in [0.25, 0.3) is 0 Å². The van der Waals surface area contributed by atoms with Gasteiger partial charge in [0.25, 0.3) is 0 Å². The molecule has 0 saturated heterocycles. The Balaban J connectivity index is 0.00000176. The summed E-state index contributed by atoms with van der Waals surface area (Å²) in [6.45, 7) is 2.00. The van der Waals surface area contributed by atoms with Gasteiger partial charge in [0.15, 0.2) is 5.96 Å². The van der Waals surface area contributed by atoms with Gasteiger partial charge in [0.2, 0.25) is 0 Å². The van der Waals surface area contributed by atoms with Crippen LogP contribution in [-0.4, -0.2) is 31.5 Å². The van der Waals surface area contributed by atoms with Crippen LogP contribution in [0.5, 0.6) is 0 Å². The van der Waals surface area contributed by atoms with Gasteiger partial charge in [-0.05, 0) is 42.6 Å². The monoisotopic (exact) mass is 413 g/mol. The van der Waals surface area contributed by atoms with E-state index in [0.29, 0.717) is 5.41 Å². The lowest BCUT2D eigenvalue weighted by Gasteiger charge is -2.43. The van der Waals surface area contributed by atoms with Gasteiger partial charge in [-0.3, -0.25) is 4.99 Å². The number of halogens is 1. The Morgan fingerprint density at radius 2 is 1.95 bits per heavy atom. The normalized spacial score (nSPS) is 19.8. The Hall–Kier alpha value is -0.780. The van der Waals surface area contributed by atoms with E-state index in [4.69, 9.17) is 0 Å². The molecule has 0 aliphatic heterocycles. The number of benzene rings is 1. The zero-order valence-electron chi connectivity index (χ0n) is 13.7. The molecule has 1 aromatic rings. The molecule has 0 aromatic heterocycles. The molecular formula is C18H28IN3. The molecule has 0 radical (unpaired) electrons. The number of rotatable bonds is 5. The zero-order chi connectivity index (χ0) is 14.7. The van der Waals surface area contributed by atoms with Crippen LogP contribution in [0.1, 0.15) is 37.7 Å². The Bertz CT molecular complexity index is 492. The highest BCUT2D eigenvalue weighted by Crippen LogP contribution is 2.56. The van der Waals surface area contributed by atoms with E-state index in [9.17, 15) is 0 Å². The van der Waals surface area contributed by atoms with Crippen molar-refractivity contribution in [3.05, 3.63) is 35.9 Å². The molecule has 0 unspecified atom stereocenters. The number of hydrogen-bond donors (Lipinski definition) is 1. The maximum absolute atomic E-state index is 4.46. The van der Waals surface area contributed by atoms with Crippen LogP contribution in [0.3, 0.4) is 0 Å². The van der Waals surface area contributed by atoms with Gasteiger partial charge in [-0.15, -0.1) is 24.0 Å². The van der Waals surface area contributed by atoms with E-state index in [0.717, 1.165) is 25.0 Å². The molecule has 0 amide bonds. The molecule has 0 heterocycles. The molecule has 2 aliphatic rings. The minimum Gasteiger partial charge on any atom is -0.356 e. The van der Waals surface area contributed by atoms with Crippen LogP contribution in [0.4, 0.5) is 0 Å². The molecule has 4 heteroatoms. The molecule has 0 spiro atoms. The maximum Gasteiger partial charge on any atom is 0.193 e. The van der Waals surface area contributed by atoms with Gasteiger partial charge in [-0.25, -0.2) is 0 Å². The second kappa shape index (κ2) is 7.66. The molecular weight excluding hydrogens is 385 g/mol. The van der Waals surface area contributed by atoms with E-state index in [1.807, 2.05) is 7.05 Å². The van der Waals surface area contributed by atoms with Crippen molar-refractivity contribution < 1.29 is 0 Å². The van der Waals surface area contributed by atoms with Crippen LogP contribution in [-0.2, 0) is 6.54 Å². The molecule has 0 bridgehead atoms. The van der Waals surface area contributed by atoms with Gasteiger partial charge < -0.3 is 10.2 Å². The second-order valence-electron chi connectivity index (χ2n) is 6.73. The van der Waals surface area contributed by atoms with E-state index >= 15 is 0 Å². The lowest BCUT2D eigenvalue weighted by molar-refractivity contribution is 0.105. The lowest BCUT2D eigenvalue weighted by Crippen LogP contribution is -2.47. The smallest absolute Gasteiger partial charge is 0.193 e. The van der Waals surface area contributed by atoms with Gasteiger partial charge >= 0.3 is 0 Å². The van der Waals surface area contributed by atoms with Crippen LogP contribution in [0, 0.1) is 11.3 Å². The average molecular weight is 413 g/mol. The molecule has 3 rings (SSSR count). The average Bonchev–Trinajstić information content (AvgIpc) is 3.28. The summed E-state index contributed by atoms with van der Waals surface area (Å²) in [5.41, 5.74) is 1.91. The number of nitrogens with one attached hydrogen (secondary N) is 1. The summed E-state index contributed by atoms with van der Waals surface area (Å²) in [7, 11) is 4.00. The van der Waals surface area contributed by atoms with Crippen molar-refractivity contribution in [2.75, 3.05) is 20.6 Å². The predicted octanol–water partition coefficient (Wildman–Crippen LogP) is 3.89. The summed E-state index contributed by atoms with van der Waals surface area (Å²) >= 11 is 0. The summed E-state index contributed by atoms with van der Waals surface area (Å²) in [5, 5.41) is 3.63. The Labute approximate surface area is 151 Å². The Morgan fingerprint density at radius 3 is 2.45 bits per heavy atom. The van der Waals surface area contributed by atoms with E-state index in [-0.39, 0.29) is 24.0 Å². The molecule has 1 aromatic carbocycles. The number of aliphatic imine (C=N–C) groups is 1. The summed E-state index contributed by atoms with van der Waals surface area (Å²) < 4.78 is 0. The van der Waals surface area contributed by atoms with Gasteiger partial charge in [0, 0.05) is 27.2 Å². The lowest BCUT2D eigenvalue weighted by atomic mass is 9.65. The largest absolute Gasteiger partial charge is 0.356 e. The van der Waals surface area contributed by atoms with Crippen molar-refractivity contribution in [1.82, 2.24) is 10.2 Å². The summed E-state index contributed by atoms with van der Waals surface area (Å²) in [6.07, 6.45) is 7.12. The molecule has 1 N–H and O–H groups in total. The highest BCUT2D eigenvalue weighted by Gasteiger charge is 2.48. The highest BCUT2D eigenvalue weighted by atomic mass is 127. The van der Waals surface area contributed by atoms with Crippen LogP contribution in [0.15, 0.2) is 35.3 Å². The topological polar surface area (TPSA) is 27.6 Å². The third-order valence-electron chi connectivity index (χ3n) is 5.23. The fourth-order valence-electron chi connectivity index (χ4n) is 3.63. The van der Waals surface area contributed by atoms with Crippen molar-refractivity contribution in [3.63, 3.8) is 0 Å². The third-order valence-corrected chi connectivity index (χ3v) is 5.23. The van der Waals surface area contributed by atoms with E-state index < -0.39 is 0 Å². The first kappa shape index (κ1) is 17.6. The van der Waals surface area contributed by atoms with Crippen LogP contribution >= 0.6 is 24.0 Å². The fraction of sp³-hybridized carbons (Fsp3) is 0.611. The quantitative estimate of drug-likeness (QED) is 0.451. The van der Waals surface area contributed by atoms with Gasteiger partial charge in [-0.2, -0.15) is 0 Å². The van der Waals surface area contributed by atoms with Crippen molar-refractivity contribution in [3.8, 4) is 0 Å². The number of nitrogens with zero attached hydrogens (tertiary/aromatic N) is 2. The summed E-state index contributed by atoms with van der Waals surface area (Å²) in [4.78, 5) is 6.67. The first-order valence-electron chi connectivity index (χ1n) is 8.19. The second-order valence-corrected chi connectivity index (χ2v) is 6.73. The molecule has 2 fully saturated rings. The standard InChI is InChI=1S/C18H27N3.HI/c1-19-17(21(2)13-15-7-4-3-5-8-15)20-14-18(11-6-12-18)16-9-10-16;/h3-5,7-8,16H,6,9-14H2,1-2H3,(H,19,20);1H. The maximum atomic E-state index is 4.46. The van der Waals surface area contributed by atoms with E-state index in [2.05, 4.69) is 52.6 Å². The molecule has 2 saturated carbocycles. The van der Waals surface area contributed by atoms with Crippen LogP contribution in [0.2, 0.25) is 0 Å². The Kier molecular flexibility index (Phi) is 6.12. The number of guanidine groups is 1. The molecule has 0 atom stereocenters. The minimum atomic E-state index is 0. The highest BCUT2D eigenvalue weighted by molar-refractivity contribution is 14.0. The van der Waals surface area contributed by atoms with Gasteiger partial charge in [0.1, 0.15) is 0 Å². The van der Waals surface area contributed by atoms with E-state index in [1.54, 1.807) is 0 Å². The van der Waals surface area contributed by atoms with Crippen molar-refractivity contribution >= 4 is 29.9 Å². The Morgan fingerprint density at radius 1 is 1.27 bits per heavy atom. The summed E-state index contributed by atoms with van der Waals surface area (Å²) in [5.74, 6) is 2.00. The first-order chi connectivity index (χ1) is 10.2. The van der Waals surface area contributed by atoms with Crippen molar-refractivity contribution in [2.24, 2.45) is 16.3 Å².